The Hall–Kier alpha value is -3.41. The molecule has 1 atom stereocenters. The SMILES string of the molecule is Cc1ccccc1C(Nc1cccc(-c2sc(C(=O)O)c(OCC(=O)O)c2Br)c1)(C(N)=O)C1CCNCC1. The fraction of sp³-hybridized carbons (Fsp3) is 0.296. The molecule has 3 aromatic rings. The molecule has 38 heavy (non-hydrogen) atoms. The van der Waals surface area contributed by atoms with Gasteiger partial charge in [0.2, 0.25) is 5.91 Å². The number of piperidine rings is 1. The number of amides is 1. The van der Waals surface area contributed by atoms with Gasteiger partial charge in [-0.3, -0.25) is 4.79 Å². The molecule has 2 heterocycles. The number of primary amides is 1. The number of benzene rings is 2. The highest BCUT2D eigenvalue weighted by molar-refractivity contribution is 9.10. The molecule has 1 fully saturated rings. The number of aromatic carboxylic acids is 1. The van der Waals surface area contributed by atoms with Gasteiger partial charge in [0.05, 0.1) is 9.35 Å². The van der Waals surface area contributed by atoms with Crippen LogP contribution in [-0.2, 0) is 15.1 Å². The average Bonchev–Trinajstić information content (AvgIpc) is 3.23. The van der Waals surface area contributed by atoms with Crippen LogP contribution >= 0.6 is 27.3 Å². The molecule has 1 amide bonds. The smallest absolute Gasteiger partial charge is 0.349 e. The van der Waals surface area contributed by atoms with Gasteiger partial charge in [0.15, 0.2) is 17.2 Å². The summed E-state index contributed by atoms with van der Waals surface area (Å²) in [5.74, 6) is -3.02. The minimum atomic E-state index is -1.23. The van der Waals surface area contributed by atoms with Crippen molar-refractivity contribution >= 4 is 50.8 Å². The number of aliphatic carboxylic acids is 1. The predicted octanol–water partition coefficient (Wildman–Crippen LogP) is 4.44. The second-order valence-corrected chi connectivity index (χ2v) is 10.9. The fourth-order valence-corrected chi connectivity index (χ4v) is 6.89. The topological polar surface area (TPSA) is 151 Å². The maximum Gasteiger partial charge on any atom is 0.349 e. The number of aryl methyl sites for hydroxylation is 1. The molecule has 11 heteroatoms. The van der Waals surface area contributed by atoms with E-state index in [-0.39, 0.29) is 16.5 Å². The van der Waals surface area contributed by atoms with Crippen molar-refractivity contribution in [2.75, 3.05) is 25.0 Å². The standard InChI is InChI=1S/C27H28BrN3O6S/c1-15-5-2-3-8-19(15)27(26(29)36,17-9-11-30-12-10-17)31-18-7-4-6-16(13-18)23-21(28)22(37-14-20(32)33)24(38-23)25(34)35/h2-8,13,17,30-31H,9-12,14H2,1H3,(H2,29,36)(H,32,33)(H,34,35). The quantitative estimate of drug-likeness (QED) is 0.229. The molecule has 6 N–H and O–H groups in total. The Morgan fingerprint density at radius 2 is 1.87 bits per heavy atom. The Morgan fingerprint density at radius 3 is 2.50 bits per heavy atom. The molecule has 4 rings (SSSR count). The van der Waals surface area contributed by atoms with Gasteiger partial charge in [0.1, 0.15) is 5.54 Å². The predicted molar refractivity (Wildman–Crippen MR) is 149 cm³/mol. The van der Waals surface area contributed by atoms with Gasteiger partial charge in [0, 0.05) is 5.69 Å². The van der Waals surface area contributed by atoms with Crippen LogP contribution in [0.25, 0.3) is 10.4 Å². The second kappa shape index (κ2) is 11.5. The maximum atomic E-state index is 13.3. The van der Waals surface area contributed by atoms with Crippen LogP contribution in [0.5, 0.6) is 5.75 Å². The van der Waals surface area contributed by atoms with E-state index in [1.165, 1.54) is 0 Å². The third kappa shape index (κ3) is 5.40. The first kappa shape index (κ1) is 27.6. The van der Waals surface area contributed by atoms with E-state index in [0.29, 0.717) is 20.6 Å². The molecule has 2 aromatic carbocycles. The van der Waals surface area contributed by atoms with E-state index >= 15 is 0 Å². The molecule has 1 unspecified atom stereocenters. The first-order chi connectivity index (χ1) is 18.1. The summed E-state index contributed by atoms with van der Waals surface area (Å²) >= 11 is 4.37. The summed E-state index contributed by atoms with van der Waals surface area (Å²) < 4.78 is 5.63. The first-order valence-electron chi connectivity index (χ1n) is 12.0. The van der Waals surface area contributed by atoms with Crippen molar-refractivity contribution in [2.45, 2.75) is 25.3 Å². The number of ether oxygens (including phenoxy) is 1. The van der Waals surface area contributed by atoms with Gasteiger partial charge < -0.3 is 31.3 Å². The fourth-order valence-electron chi connectivity index (χ4n) is 5.01. The number of nitrogens with two attached hydrogens (primary N) is 1. The van der Waals surface area contributed by atoms with Crippen LogP contribution in [0.1, 0.15) is 33.6 Å². The highest BCUT2D eigenvalue weighted by Crippen LogP contribution is 2.47. The summed E-state index contributed by atoms with van der Waals surface area (Å²) in [7, 11) is 0. The lowest BCUT2D eigenvalue weighted by Crippen LogP contribution is -2.55. The number of anilines is 1. The van der Waals surface area contributed by atoms with Crippen LogP contribution < -0.4 is 21.1 Å². The van der Waals surface area contributed by atoms with E-state index in [2.05, 4.69) is 26.6 Å². The van der Waals surface area contributed by atoms with Crippen molar-refractivity contribution in [3.05, 3.63) is 69.0 Å². The Balaban J connectivity index is 1.79. The summed E-state index contributed by atoms with van der Waals surface area (Å²) in [5, 5.41) is 25.5. The number of nitrogens with one attached hydrogen (secondary N) is 2. The molecular formula is C27H28BrN3O6S. The second-order valence-electron chi connectivity index (χ2n) is 9.11. The van der Waals surface area contributed by atoms with Gasteiger partial charge in [0.25, 0.3) is 0 Å². The minimum absolute atomic E-state index is 0.0423. The molecule has 1 aliphatic heterocycles. The molecule has 0 saturated carbocycles. The van der Waals surface area contributed by atoms with Gasteiger partial charge in [-0.2, -0.15) is 0 Å². The Bertz CT molecular complexity index is 1370. The number of carbonyl (C=O) groups is 3. The molecular weight excluding hydrogens is 574 g/mol. The Kier molecular flexibility index (Phi) is 8.39. The summed E-state index contributed by atoms with van der Waals surface area (Å²) in [6.07, 6.45) is 1.51. The van der Waals surface area contributed by atoms with E-state index in [0.717, 1.165) is 48.4 Å². The lowest BCUT2D eigenvalue weighted by Gasteiger charge is -2.43. The van der Waals surface area contributed by atoms with Crippen molar-refractivity contribution in [2.24, 2.45) is 11.7 Å². The van der Waals surface area contributed by atoms with Crippen molar-refractivity contribution in [1.82, 2.24) is 5.32 Å². The molecule has 1 aromatic heterocycles. The summed E-state index contributed by atoms with van der Waals surface area (Å²) in [5.41, 5.74) is 8.07. The van der Waals surface area contributed by atoms with Crippen LogP contribution in [0, 0.1) is 12.8 Å². The number of halogens is 1. The molecule has 0 radical (unpaired) electrons. The molecule has 1 aliphatic rings. The minimum Gasteiger partial charge on any atom is -0.479 e. The van der Waals surface area contributed by atoms with Gasteiger partial charge >= 0.3 is 11.9 Å². The lowest BCUT2D eigenvalue weighted by atomic mass is 9.71. The van der Waals surface area contributed by atoms with Crippen LogP contribution in [0.15, 0.2) is 53.0 Å². The number of hydrogen-bond acceptors (Lipinski definition) is 7. The summed E-state index contributed by atoms with van der Waals surface area (Å²) in [4.78, 5) is 36.6. The van der Waals surface area contributed by atoms with Gasteiger partial charge in [-0.15, -0.1) is 11.3 Å². The zero-order valence-corrected chi connectivity index (χ0v) is 23.0. The molecule has 200 valence electrons. The van der Waals surface area contributed by atoms with E-state index in [1.54, 1.807) is 12.1 Å². The Labute approximate surface area is 232 Å². The summed E-state index contributed by atoms with van der Waals surface area (Å²) in [6.45, 7) is 2.82. The number of hydrogen-bond donors (Lipinski definition) is 5. The highest BCUT2D eigenvalue weighted by Gasteiger charge is 2.47. The van der Waals surface area contributed by atoms with Gasteiger partial charge in [-0.1, -0.05) is 36.4 Å². The number of carbonyl (C=O) groups excluding carboxylic acids is 1. The van der Waals surface area contributed by atoms with Crippen molar-refractivity contribution in [1.29, 1.82) is 0 Å². The largest absolute Gasteiger partial charge is 0.479 e. The zero-order chi connectivity index (χ0) is 27.4. The number of thiophene rings is 1. The maximum absolute atomic E-state index is 13.3. The van der Waals surface area contributed by atoms with Crippen molar-refractivity contribution < 1.29 is 29.3 Å². The van der Waals surface area contributed by atoms with Gasteiger partial charge in [-0.05, 0) is 83.5 Å². The number of carboxylic acids is 2. The van der Waals surface area contributed by atoms with Crippen LogP contribution in [0.2, 0.25) is 0 Å². The number of rotatable bonds is 10. The van der Waals surface area contributed by atoms with E-state index in [1.807, 2.05) is 43.3 Å². The van der Waals surface area contributed by atoms with Crippen molar-refractivity contribution in [3.63, 3.8) is 0 Å². The third-order valence-corrected chi connectivity index (χ3v) is 8.95. The van der Waals surface area contributed by atoms with E-state index in [9.17, 15) is 19.5 Å². The van der Waals surface area contributed by atoms with Crippen LogP contribution in [0.4, 0.5) is 5.69 Å². The average molecular weight is 603 g/mol. The molecule has 0 bridgehead atoms. The molecule has 0 aliphatic carbocycles. The Morgan fingerprint density at radius 1 is 1.16 bits per heavy atom. The van der Waals surface area contributed by atoms with Crippen LogP contribution in [0.3, 0.4) is 0 Å². The molecule has 1 saturated heterocycles. The lowest BCUT2D eigenvalue weighted by molar-refractivity contribution is -0.139. The zero-order valence-electron chi connectivity index (χ0n) is 20.6. The first-order valence-corrected chi connectivity index (χ1v) is 13.6. The third-order valence-electron chi connectivity index (χ3n) is 6.72. The van der Waals surface area contributed by atoms with E-state index < -0.39 is 30.0 Å². The van der Waals surface area contributed by atoms with Gasteiger partial charge in [-0.25, -0.2) is 9.59 Å². The van der Waals surface area contributed by atoms with Crippen molar-refractivity contribution in [3.8, 4) is 16.2 Å². The number of carboxylic acid groups (broad SMARTS) is 2. The van der Waals surface area contributed by atoms with Crippen LogP contribution in [-0.4, -0.2) is 47.8 Å². The van der Waals surface area contributed by atoms with E-state index in [4.69, 9.17) is 15.6 Å². The normalized spacial score (nSPS) is 15.4. The molecule has 9 nitrogen and oxygen atoms in total. The monoisotopic (exact) mass is 601 g/mol. The summed E-state index contributed by atoms with van der Waals surface area (Å²) in [6, 6.07) is 15.0. The highest BCUT2D eigenvalue weighted by atomic mass is 79.9. The molecule has 0 spiro atoms.